The Morgan fingerprint density at radius 1 is 1.43 bits per heavy atom. The molecule has 0 aromatic heterocycles. The number of sulfonamides is 1. The maximum atomic E-state index is 12.0. The Kier molecular flexibility index (Phi) is 4.35. The van der Waals surface area contributed by atoms with Crippen LogP contribution < -0.4 is 5.14 Å². The van der Waals surface area contributed by atoms with Crippen molar-refractivity contribution >= 4 is 37.8 Å². The van der Waals surface area contributed by atoms with Crippen LogP contribution in [0, 0.1) is 0 Å². The standard InChI is InChI=1S/C12H13BrN2O5S/c13-9-4-2-1-3-8(9)11(12(17)18)15-6-7(5-10(15)16)21(14,19)20/h1-4,7,11H,5-6H2,(H,17,18)(H2,14,19,20). The molecular formula is C12H13BrN2O5S. The van der Waals surface area contributed by atoms with Gasteiger partial charge in [0.15, 0.2) is 6.04 Å². The number of carboxylic acids is 1. The Labute approximate surface area is 129 Å². The van der Waals surface area contributed by atoms with Gasteiger partial charge in [0.05, 0.1) is 0 Å². The van der Waals surface area contributed by atoms with Crippen LogP contribution in [-0.4, -0.2) is 42.1 Å². The van der Waals surface area contributed by atoms with Gasteiger partial charge in [0.25, 0.3) is 0 Å². The predicted molar refractivity (Wildman–Crippen MR) is 77.7 cm³/mol. The summed E-state index contributed by atoms with van der Waals surface area (Å²) in [5.41, 5.74) is 0.383. The highest BCUT2D eigenvalue weighted by molar-refractivity contribution is 9.10. The minimum Gasteiger partial charge on any atom is -0.479 e. The van der Waals surface area contributed by atoms with Crippen molar-refractivity contribution in [1.82, 2.24) is 4.90 Å². The summed E-state index contributed by atoms with van der Waals surface area (Å²) in [5.74, 6) is -1.78. The number of amides is 1. The Morgan fingerprint density at radius 3 is 2.52 bits per heavy atom. The number of nitrogens with two attached hydrogens (primary N) is 1. The molecule has 0 radical (unpaired) electrons. The van der Waals surface area contributed by atoms with Gasteiger partial charge in [-0.05, 0) is 6.07 Å². The molecule has 2 unspecified atom stereocenters. The number of rotatable bonds is 4. The number of halogens is 1. The zero-order chi connectivity index (χ0) is 15.8. The first-order valence-corrected chi connectivity index (χ1v) is 8.40. The van der Waals surface area contributed by atoms with Crippen molar-refractivity contribution in [2.45, 2.75) is 17.7 Å². The molecule has 21 heavy (non-hydrogen) atoms. The van der Waals surface area contributed by atoms with Crippen LogP contribution in [0.3, 0.4) is 0 Å². The first-order chi connectivity index (χ1) is 9.71. The lowest BCUT2D eigenvalue weighted by molar-refractivity contribution is -0.148. The molecule has 1 amide bonds. The van der Waals surface area contributed by atoms with Crippen molar-refractivity contribution in [2.24, 2.45) is 5.14 Å². The van der Waals surface area contributed by atoms with E-state index in [0.717, 1.165) is 4.90 Å². The van der Waals surface area contributed by atoms with E-state index in [0.29, 0.717) is 10.0 Å². The molecule has 0 bridgehead atoms. The van der Waals surface area contributed by atoms with Gasteiger partial charge in [-0.2, -0.15) is 0 Å². The number of likely N-dealkylation sites (tertiary alicyclic amines) is 1. The number of primary sulfonamides is 1. The van der Waals surface area contributed by atoms with E-state index in [1.165, 1.54) is 0 Å². The van der Waals surface area contributed by atoms with E-state index >= 15 is 0 Å². The van der Waals surface area contributed by atoms with Crippen LogP contribution in [0.4, 0.5) is 0 Å². The number of carbonyl (C=O) groups excluding carboxylic acids is 1. The summed E-state index contributed by atoms with van der Waals surface area (Å²) in [5, 5.41) is 13.4. The summed E-state index contributed by atoms with van der Waals surface area (Å²) in [6, 6.07) is 5.34. The van der Waals surface area contributed by atoms with Gasteiger partial charge in [-0.1, -0.05) is 34.1 Å². The van der Waals surface area contributed by atoms with Crippen LogP contribution in [0.15, 0.2) is 28.7 Å². The minimum atomic E-state index is -3.89. The van der Waals surface area contributed by atoms with Crippen molar-refractivity contribution in [2.75, 3.05) is 6.54 Å². The average molecular weight is 377 g/mol. The van der Waals surface area contributed by atoms with Crippen molar-refractivity contribution in [1.29, 1.82) is 0 Å². The number of nitrogens with zero attached hydrogens (tertiary/aromatic N) is 1. The quantitative estimate of drug-likeness (QED) is 0.791. The van der Waals surface area contributed by atoms with Gasteiger partial charge in [-0.3, -0.25) is 4.79 Å². The average Bonchev–Trinajstić information content (AvgIpc) is 2.74. The van der Waals surface area contributed by atoms with Crippen molar-refractivity contribution in [3.63, 3.8) is 0 Å². The number of hydrogen-bond donors (Lipinski definition) is 2. The molecule has 0 spiro atoms. The second-order valence-electron chi connectivity index (χ2n) is 4.72. The Bertz CT molecular complexity index is 691. The first kappa shape index (κ1) is 15.9. The third-order valence-electron chi connectivity index (χ3n) is 3.33. The van der Waals surface area contributed by atoms with Gasteiger partial charge >= 0.3 is 5.97 Å². The van der Waals surface area contributed by atoms with Gasteiger partial charge in [0.1, 0.15) is 5.25 Å². The summed E-state index contributed by atoms with van der Waals surface area (Å²) in [6.45, 7) is -0.226. The SMILES string of the molecule is NS(=O)(=O)C1CC(=O)N(C(C(=O)O)c2ccccc2Br)C1. The first-order valence-electron chi connectivity index (χ1n) is 6.00. The second kappa shape index (κ2) is 5.74. The maximum Gasteiger partial charge on any atom is 0.331 e. The molecule has 1 aromatic carbocycles. The monoisotopic (exact) mass is 376 g/mol. The summed E-state index contributed by atoms with van der Waals surface area (Å²) in [4.78, 5) is 24.6. The number of carbonyl (C=O) groups is 2. The van der Waals surface area contributed by atoms with E-state index in [1.807, 2.05) is 0 Å². The molecule has 1 saturated heterocycles. The molecule has 1 aliphatic heterocycles. The molecular weight excluding hydrogens is 364 g/mol. The van der Waals surface area contributed by atoms with E-state index in [4.69, 9.17) is 5.14 Å². The topological polar surface area (TPSA) is 118 Å². The summed E-state index contributed by atoms with van der Waals surface area (Å²) in [6.07, 6.45) is -0.299. The van der Waals surface area contributed by atoms with Crippen LogP contribution in [-0.2, 0) is 19.6 Å². The molecule has 114 valence electrons. The highest BCUT2D eigenvalue weighted by atomic mass is 79.9. The van der Waals surface area contributed by atoms with E-state index in [1.54, 1.807) is 24.3 Å². The number of benzene rings is 1. The zero-order valence-corrected chi connectivity index (χ0v) is 13.2. The summed E-state index contributed by atoms with van der Waals surface area (Å²) < 4.78 is 23.3. The fraction of sp³-hybridized carbons (Fsp3) is 0.333. The molecule has 1 aliphatic rings. The number of carboxylic acid groups (broad SMARTS) is 1. The molecule has 0 saturated carbocycles. The van der Waals surface area contributed by atoms with Gasteiger partial charge in [-0.15, -0.1) is 0 Å². The molecule has 2 atom stereocenters. The van der Waals surface area contributed by atoms with Crippen LogP contribution >= 0.6 is 15.9 Å². The van der Waals surface area contributed by atoms with Gasteiger partial charge in [0, 0.05) is 23.0 Å². The number of hydrogen-bond acceptors (Lipinski definition) is 4. The van der Waals surface area contributed by atoms with Crippen molar-refractivity contribution in [3.8, 4) is 0 Å². The Hall–Kier alpha value is -1.45. The molecule has 7 nitrogen and oxygen atoms in total. The largest absolute Gasteiger partial charge is 0.479 e. The molecule has 1 aromatic rings. The van der Waals surface area contributed by atoms with Crippen LogP contribution in [0.25, 0.3) is 0 Å². The third-order valence-corrected chi connectivity index (χ3v) is 5.30. The van der Waals surface area contributed by atoms with Crippen molar-refractivity contribution in [3.05, 3.63) is 34.3 Å². The highest BCUT2D eigenvalue weighted by Crippen LogP contribution is 2.32. The summed E-state index contributed by atoms with van der Waals surface area (Å²) in [7, 11) is -3.89. The molecule has 3 N–H and O–H groups in total. The maximum absolute atomic E-state index is 12.0. The predicted octanol–water partition coefficient (Wildman–Crippen LogP) is 0.464. The lowest BCUT2D eigenvalue weighted by Gasteiger charge is -2.25. The van der Waals surface area contributed by atoms with Crippen LogP contribution in [0.2, 0.25) is 0 Å². The minimum absolute atomic E-state index is 0.226. The Morgan fingerprint density at radius 2 is 2.05 bits per heavy atom. The number of aliphatic carboxylic acids is 1. The fourth-order valence-corrected chi connectivity index (χ4v) is 3.54. The van der Waals surface area contributed by atoms with Gasteiger partial charge in [0.2, 0.25) is 15.9 Å². The molecule has 0 aliphatic carbocycles. The lowest BCUT2D eigenvalue weighted by Crippen LogP contribution is -2.37. The molecule has 1 heterocycles. The highest BCUT2D eigenvalue weighted by Gasteiger charge is 2.43. The van der Waals surface area contributed by atoms with E-state index in [9.17, 15) is 23.1 Å². The Balaban J connectivity index is 2.39. The molecule has 1 fully saturated rings. The normalized spacial score (nSPS) is 20.6. The van der Waals surface area contributed by atoms with Crippen molar-refractivity contribution < 1.29 is 23.1 Å². The zero-order valence-electron chi connectivity index (χ0n) is 10.8. The third kappa shape index (κ3) is 3.25. The molecule has 9 heteroatoms. The van der Waals surface area contributed by atoms with E-state index < -0.39 is 33.2 Å². The second-order valence-corrected chi connectivity index (χ2v) is 7.42. The van der Waals surface area contributed by atoms with E-state index in [-0.39, 0.29) is 13.0 Å². The molecule has 2 rings (SSSR count). The lowest BCUT2D eigenvalue weighted by atomic mass is 10.1. The van der Waals surface area contributed by atoms with Crippen LogP contribution in [0.5, 0.6) is 0 Å². The van der Waals surface area contributed by atoms with Gasteiger partial charge in [-0.25, -0.2) is 18.4 Å². The summed E-state index contributed by atoms with van der Waals surface area (Å²) >= 11 is 3.24. The van der Waals surface area contributed by atoms with E-state index in [2.05, 4.69) is 15.9 Å². The van der Waals surface area contributed by atoms with Gasteiger partial charge < -0.3 is 10.0 Å². The fourth-order valence-electron chi connectivity index (χ4n) is 2.30. The smallest absolute Gasteiger partial charge is 0.331 e. The van der Waals surface area contributed by atoms with Crippen LogP contribution in [0.1, 0.15) is 18.0 Å².